The maximum atomic E-state index is 11.9. The van der Waals surface area contributed by atoms with Crippen molar-refractivity contribution in [2.24, 2.45) is 0 Å². The summed E-state index contributed by atoms with van der Waals surface area (Å²) in [5, 5.41) is 0. The number of hydrogen-bond acceptors (Lipinski definition) is 2. The van der Waals surface area contributed by atoms with E-state index in [9.17, 15) is 9.59 Å². The van der Waals surface area contributed by atoms with Crippen LogP contribution in [-0.2, 0) is 9.59 Å². The van der Waals surface area contributed by atoms with Crippen molar-refractivity contribution in [1.29, 1.82) is 0 Å². The fourth-order valence-electron chi connectivity index (χ4n) is 1.72. The lowest BCUT2D eigenvalue weighted by Crippen LogP contribution is -2.31. The highest BCUT2D eigenvalue weighted by Gasteiger charge is 2.34. The van der Waals surface area contributed by atoms with Crippen LogP contribution in [0.1, 0.15) is 19.4 Å². The zero-order valence-corrected chi connectivity index (χ0v) is 9.65. The van der Waals surface area contributed by atoms with Gasteiger partial charge >= 0.3 is 0 Å². The van der Waals surface area contributed by atoms with Gasteiger partial charge in [-0.3, -0.25) is 9.59 Å². The molecule has 0 aromatic heterocycles. The predicted octanol–water partition coefficient (Wildman–Crippen LogP) is 1.88. The molecular weight excluding hydrogens is 214 g/mol. The Bertz CT molecular complexity index is 566. The number of carbonyl (C=O) groups is 2. The van der Waals surface area contributed by atoms with Crippen LogP contribution in [0.2, 0.25) is 0 Å². The van der Waals surface area contributed by atoms with Gasteiger partial charge in [0.05, 0.1) is 5.69 Å². The molecule has 0 unspecified atom stereocenters. The van der Waals surface area contributed by atoms with E-state index in [-0.39, 0.29) is 11.8 Å². The SMILES string of the molecule is C#Cc1cccc(N2C(=O)C(C)=C(C)C2=O)c1. The van der Waals surface area contributed by atoms with Gasteiger partial charge in [-0.2, -0.15) is 0 Å². The topological polar surface area (TPSA) is 37.4 Å². The van der Waals surface area contributed by atoms with E-state index in [1.54, 1.807) is 38.1 Å². The fourth-order valence-corrected chi connectivity index (χ4v) is 1.72. The van der Waals surface area contributed by atoms with E-state index >= 15 is 0 Å². The summed E-state index contributed by atoms with van der Waals surface area (Å²) in [7, 11) is 0. The van der Waals surface area contributed by atoms with Crippen LogP contribution in [0.15, 0.2) is 35.4 Å². The zero-order valence-electron chi connectivity index (χ0n) is 9.65. The summed E-state index contributed by atoms with van der Waals surface area (Å²) in [5.41, 5.74) is 2.14. The monoisotopic (exact) mass is 225 g/mol. The van der Waals surface area contributed by atoms with Crippen LogP contribution in [0.5, 0.6) is 0 Å². The Morgan fingerprint density at radius 1 is 1.12 bits per heavy atom. The molecule has 0 radical (unpaired) electrons. The molecule has 0 bridgehead atoms. The van der Waals surface area contributed by atoms with Crippen LogP contribution in [0.3, 0.4) is 0 Å². The van der Waals surface area contributed by atoms with E-state index in [4.69, 9.17) is 6.42 Å². The number of benzene rings is 1. The van der Waals surface area contributed by atoms with E-state index in [2.05, 4.69) is 5.92 Å². The lowest BCUT2D eigenvalue weighted by molar-refractivity contribution is -0.120. The molecule has 0 atom stereocenters. The van der Waals surface area contributed by atoms with Gasteiger partial charge in [-0.05, 0) is 32.0 Å². The first-order valence-electron chi connectivity index (χ1n) is 5.19. The van der Waals surface area contributed by atoms with Crippen LogP contribution in [0.25, 0.3) is 0 Å². The molecule has 17 heavy (non-hydrogen) atoms. The van der Waals surface area contributed by atoms with Crippen LogP contribution in [0, 0.1) is 12.3 Å². The third kappa shape index (κ3) is 1.64. The van der Waals surface area contributed by atoms with E-state index in [0.29, 0.717) is 22.4 Å². The molecule has 1 aliphatic heterocycles. The van der Waals surface area contributed by atoms with E-state index in [0.717, 1.165) is 4.90 Å². The molecule has 0 saturated carbocycles. The molecule has 2 amide bonds. The van der Waals surface area contributed by atoms with Gasteiger partial charge in [0, 0.05) is 16.7 Å². The van der Waals surface area contributed by atoms with Gasteiger partial charge in [0.1, 0.15) is 0 Å². The maximum absolute atomic E-state index is 11.9. The highest BCUT2D eigenvalue weighted by molar-refractivity contribution is 6.32. The fraction of sp³-hybridized carbons (Fsp3) is 0.143. The van der Waals surface area contributed by atoms with Crippen LogP contribution in [-0.4, -0.2) is 11.8 Å². The van der Waals surface area contributed by atoms with Crippen molar-refractivity contribution in [1.82, 2.24) is 0 Å². The van der Waals surface area contributed by atoms with Gasteiger partial charge in [-0.25, -0.2) is 4.90 Å². The molecule has 1 aliphatic rings. The first-order chi connectivity index (χ1) is 8.06. The Morgan fingerprint density at radius 3 is 2.24 bits per heavy atom. The number of carbonyl (C=O) groups excluding carboxylic acids is 2. The van der Waals surface area contributed by atoms with Gasteiger partial charge in [0.15, 0.2) is 0 Å². The molecule has 84 valence electrons. The standard InChI is InChI=1S/C14H11NO2/c1-4-11-6-5-7-12(8-11)15-13(16)9(2)10(3)14(15)17/h1,5-8H,2-3H3. The molecule has 0 fully saturated rings. The first kappa shape index (κ1) is 11.2. The van der Waals surface area contributed by atoms with Crippen molar-refractivity contribution in [3.05, 3.63) is 41.0 Å². The lowest BCUT2D eigenvalue weighted by atomic mass is 10.2. The Morgan fingerprint density at radius 2 is 1.71 bits per heavy atom. The summed E-state index contributed by atoms with van der Waals surface area (Å²) in [5.74, 6) is 1.93. The molecule has 1 heterocycles. The van der Waals surface area contributed by atoms with Crippen molar-refractivity contribution in [2.75, 3.05) is 4.90 Å². The summed E-state index contributed by atoms with van der Waals surface area (Å²) in [4.78, 5) is 25.0. The molecule has 0 saturated heterocycles. The zero-order chi connectivity index (χ0) is 12.6. The second-order valence-electron chi connectivity index (χ2n) is 3.89. The van der Waals surface area contributed by atoms with Crippen LogP contribution in [0.4, 0.5) is 5.69 Å². The van der Waals surface area contributed by atoms with Gasteiger partial charge in [0.25, 0.3) is 11.8 Å². The molecule has 1 aromatic carbocycles. The molecule has 3 nitrogen and oxygen atoms in total. The number of terminal acetylenes is 1. The first-order valence-corrected chi connectivity index (χ1v) is 5.19. The van der Waals surface area contributed by atoms with Gasteiger partial charge < -0.3 is 0 Å². The van der Waals surface area contributed by atoms with Crippen molar-refractivity contribution in [3.63, 3.8) is 0 Å². The highest BCUT2D eigenvalue weighted by atomic mass is 16.2. The van der Waals surface area contributed by atoms with E-state index in [1.165, 1.54) is 0 Å². The molecule has 0 N–H and O–H groups in total. The average molecular weight is 225 g/mol. The summed E-state index contributed by atoms with van der Waals surface area (Å²) < 4.78 is 0. The minimum Gasteiger partial charge on any atom is -0.269 e. The van der Waals surface area contributed by atoms with Crippen molar-refractivity contribution in [3.8, 4) is 12.3 Å². The molecular formula is C14H11NO2. The summed E-state index contributed by atoms with van der Waals surface area (Å²) >= 11 is 0. The predicted molar refractivity (Wildman–Crippen MR) is 65.2 cm³/mol. The van der Waals surface area contributed by atoms with Gasteiger partial charge in [0.2, 0.25) is 0 Å². The minimum atomic E-state index is -0.276. The number of anilines is 1. The molecule has 3 heteroatoms. The summed E-state index contributed by atoms with van der Waals surface area (Å²) in [6, 6.07) is 6.83. The number of hydrogen-bond donors (Lipinski definition) is 0. The number of nitrogens with zero attached hydrogens (tertiary/aromatic N) is 1. The van der Waals surface area contributed by atoms with Crippen molar-refractivity contribution >= 4 is 17.5 Å². The Kier molecular flexibility index (Phi) is 2.57. The Labute approximate surface area is 99.7 Å². The third-order valence-electron chi connectivity index (χ3n) is 2.88. The van der Waals surface area contributed by atoms with Gasteiger partial charge in [-0.1, -0.05) is 12.0 Å². The van der Waals surface area contributed by atoms with Crippen LogP contribution < -0.4 is 4.90 Å². The van der Waals surface area contributed by atoms with E-state index < -0.39 is 0 Å². The molecule has 0 spiro atoms. The molecule has 0 aliphatic carbocycles. The minimum absolute atomic E-state index is 0.276. The largest absolute Gasteiger partial charge is 0.269 e. The summed E-state index contributed by atoms with van der Waals surface area (Å²) in [6.45, 7) is 3.31. The normalized spacial score (nSPS) is 15.5. The smallest absolute Gasteiger partial charge is 0.261 e. The van der Waals surface area contributed by atoms with E-state index in [1.807, 2.05) is 0 Å². The molecule has 1 aromatic rings. The Balaban J connectivity index is 2.47. The van der Waals surface area contributed by atoms with Gasteiger partial charge in [-0.15, -0.1) is 6.42 Å². The quantitative estimate of drug-likeness (QED) is 0.540. The maximum Gasteiger partial charge on any atom is 0.261 e. The van der Waals surface area contributed by atoms with Crippen molar-refractivity contribution in [2.45, 2.75) is 13.8 Å². The molecule has 2 rings (SSSR count). The summed E-state index contributed by atoms with van der Waals surface area (Å²) in [6.07, 6.45) is 5.29. The lowest BCUT2D eigenvalue weighted by Gasteiger charge is -2.14. The number of amides is 2. The second kappa shape index (κ2) is 3.91. The number of imide groups is 1. The second-order valence-corrected chi connectivity index (χ2v) is 3.89. The Hall–Kier alpha value is -2.34. The number of rotatable bonds is 1. The highest BCUT2D eigenvalue weighted by Crippen LogP contribution is 2.26. The average Bonchev–Trinajstić information content (AvgIpc) is 2.54. The van der Waals surface area contributed by atoms with Crippen LogP contribution >= 0.6 is 0 Å². The third-order valence-corrected chi connectivity index (χ3v) is 2.88. The van der Waals surface area contributed by atoms with Crippen molar-refractivity contribution < 1.29 is 9.59 Å².